The van der Waals surface area contributed by atoms with Gasteiger partial charge in [0.1, 0.15) is 0 Å². The van der Waals surface area contributed by atoms with Gasteiger partial charge in [-0.1, -0.05) is 102 Å². The number of pyridine rings is 1. The van der Waals surface area contributed by atoms with Crippen LogP contribution in [0, 0.1) is 0 Å². The van der Waals surface area contributed by atoms with E-state index in [-0.39, 0.29) is 11.3 Å². The van der Waals surface area contributed by atoms with Crippen molar-refractivity contribution in [2.75, 3.05) is 0 Å². The lowest BCUT2D eigenvalue weighted by atomic mass is 9.99. The SMILES string of the molecule is O=C(O[C@H](C(=O)c1ccccc1)c1ccc(Cl)cc1)c1cc(-c2ccccc2Cl)nc2ccccc12. The monoisotopic (exact) mass is 511 g/mol. The number of halogens is 2. The van der Waals surface area contributed by atoms with Crippen LogP contribution in [0.2, 0.25) is 10.0 Å². The fraction of sp³-hybridized carbons (Fsp3) is 0.0333. The van der Waals surface area contributed by atoms with Gasteiger partial charge in [-0.05, 0) is 30.3 Å². The molecule has 1 atom stereocenters. The molecule has 0 saturated carbocycles. The van der Waals surface area contributed by atoms with Crippen molar-refractivity contribution in [3.05, 3.63) is 136 Å². The van der Waals surface area contributed by atoms with Gasteiger partial charge in [-0.2, -0.15) is 0 Å². The minimum atomic E-state index is -1.16. The van der Waals surface area contributed by atoms with E-state index in [1.807, 2.05) is 42.5 Å². The van der Waals surface area contributed by atoms with E-state index in [1.54, 1.807) is 66.7 Å². The maximum absolute atomic E-state index is 13.7. The molecule has 6 heteroatoms. The molecule has 0 spiro atoms. The fourth-order valence-electron chi connectivity index (χ4n) is 3.99. The van der Waals surface area contributed by atoms with E-state index in [0.29, 0.717) is 43.3 Å². The quantitative estimate of drug-likeness (QED) is 0.171. The van der Waals surface area contributed by atoms with Gasteiger partial charge in [0, 0.05) is 32.1 Å². The number of aromatic nitrogens is 1. The largest absolute Gasteiger partial charge is 0.445 e. The lowest BCUT2D eigenvalue weighted by Crippen LogP contribution is -2.20. The van der Waals surface area contributed by atoms with Crippen LogP contribution in [0.25, 0.3) is 22.2 Å². The Morgan fingerprint density at radius 3 is 2.17 bits per heavy atom. The van der Waals surface area contributed by atoms with Gasteiger partial charge in [-0.3, -0.25) is 4.79 Å². The molecule has 0 amide bonds. The van der Waals surface area contributed by atoms with Gasteiger partial charge in [0.05, 0.1) is 16.8 Å². The van der Waals surface area contributed by atoms with Crippen molar-refractivity contribution in [2.24, 2.45) is 0 Å². The first-order chi connectivity index (χ1) is 17.5. The molecule has 1 aromatic heterocycles. The molecule has 0 aliphatic rings. The Morgan fingerprint density at radius 1 is 0.750 bits per heavy atom. The van der Waals surface area contributed by atoms with Crippen molar-refractivity contribution in [3.63, 3.8) is 0 Å². The van der Waals surface area contributed by atoms with Crippen molar-refractivity contribution in [2.45, 2.75) is 6.10 Å². The van der Waals surface area contributed by atoms with Crippen molar-refractivity contribution in [3.8, 4) is 11.3 Å². The summed E-state index contributed by atoms with van der Waals surface area (Å²) >= 11 is 12.5. The van der Waals surface area contributed by atoms with E-state index in [2.05, 4.69) is 0 Å². The molecule has 4 aromatic carbocycles. The lowest BCUT2D eigenvalue weighted by Gasteiger charge is -2.19. The summed E-state index contributed by atoms with van der Waals surface area (Å²) in [7, 11) is 0. The maximum Gasteiger partial charge on any atom is 0.339 e. The van der Waals surface area contributed by atoms with Crippen LogP contribution in [0.4, 0.5) is 0 Å². The predicted molar refractivity (Wildman–Crippen MR) is 143 cm³/mol. The molecule has 1 heterocycles. The van der Waals surface area contributed by atoms with Crippen molar-refractivity contribution in [1.82, 2.24) is 4.98 Å². The second-order valence-corrected chi connectivity index (χ2v) is 8.96. The smallest absolute Gasteiger partial charge is 0.339 e. The molecule has 36 heavy (non-hydrogen) atoms. The average molecular weight is 512 g/mol. The highest BCUT2D eigenvalue weighted by Gasteiger charge is 2.28. The summed E-state index contributed by atoms with van der Waals surface area (Å²) in [5.74, 6) is -0.984. The molecular weight excluding hydrogens is 493 g/mol. The highest BCUT2D eigenvalue weighted by Crippen LogP contribution is 2.32. The zero-order chi connectivity index (χ0) is 25.1. The molecule has 176 valence electrons. The first kappa shape index (κ1) is 23.7. The predicted octanol–water partition coefficient (Wildman–Crippen LogP) is 7.99. The molecule has 0 radical (unpaired) electrons. The van der Waals surface area contributed by atoms with Gasteiger partial charge in [0.25, 0.3) is 0 Å². The Labute approximate surface area is 218 Å². The molecule has 0 bridgehead atoms. The highest BCUT2D eigenvalue weighted by atomic mass is 35.5. The van der Waals surface area contributed by atoms with Crippen LogP contribution < -0.4 is 0 Å². The molecule has 0 saturated heterocycles. The summed E-state index contributed by atoms with van der Waals surface area (Å²) < 4.78 is 5.92. The number of ketones is 1. The molecule has 5 aromatic rings. The van der Waals surface area contributed by atoms with Crippen LogP contribution in [-0.4, -0.2) is 16.7 Å². The van der Waals surface area contributed by atoms with E-state index >= 15 is 0 Å². The number of carbonyl (C=O) groups excluding carboxylic acids is 2. The third-order valence-corrected chi connectivity index (χ3v) is 6.36. The normalized spacial score (nSPS) is 11.7. The topological polar surface area (TPSA) is 56.3 Å². The van der Waals surface area contributed by atoms with E-state index in [1.165, 1.54) is 0 Å². The molecule has 5 rings (SSSR count). The number of hydrogen-bond donors (Lipinski definition) is 0. The van der Waals surface area contributed by atoms with Crippen LogP contribution in [0.5, 0.6) is 0 Å². The number of Topliss-reactive ketones (excluding diaryl/α,β-unsaturated/α-hetero) is 1. The van der Waals surface area contributed by atoms with Gasteiger partial charge in [0.2, 0.25) is 5.78 Å². The second kappa shape index (κ2) is 10.3. The third kappa shape index (κ3) is 4.87. The summed E-state index contributed by atoms with van der Waals surface area (Å²) in [5, 5.41) is 1.64. The van der Waals surface area contributed by atoms with E-state index in [0.717, 1.165) is 0 Å². The Hall–Kier alpha value is -3.99. The van der Waals surface area contributed by atoms with Gasteiger partial charge >= 0.3 is 5.97 Å². The molecule has 0 aliphatic heterocycles. The first-order valence-electron chi connectivity index (χ1n) is 11.2. The summed E-state index contributed by atoms with van der Waals surface area (Å²) in [5.41, 5.74) is 3.07. The van der Waals surface area contributed by atoms with Crippen LogP contribution in [0.15, 0.2) is 109 Å². The van der Waals surface area contributed by atoms with E-state index in [9.17, 15) is 9.59 Å². The zero-order valence-electron chi connectivity index (χ0n) is 18.9. The van der Waals surface area contributed by atoms with Crippen molar-refractivity contribution < 1.29 is 14.3 Å². The molecule has 0 fully saturated rings. The van der Waals surface area contributed by atoms with Crippen molar-refractivity contribution >= 4 is 45.9 Å². The summed E-state index contributed by atoms with van der Waals surface area (Å²) in [4.78, 5) is 31.8. The number of hydrogen-bond acceptors (Lipinski definition) is 4. The molecule has 0 N–H and O–H groups in total. The number of esters is 1. The van der Waals surface area contributed by atoms with E-state index in [4.69, 9.17) is 32.9 Å². The van der Waals surface area contributed by atoms with Gasteiger partial charge in [-0.25, -0.2) is 9.78 Å². The summed E-state index contributed by atoms with van der Waals surface area (Å²) in [6, 6.07) is 31.6. The van der Waals surface area contributed by atoms with Crippen LogP contribution in [0.1, 0.15) is 32.4 Å². The second-order valence-electron chi connectivity index (χ2n) is 8.12. The van der Waals surface area contributed by atoms with Crippen molar-refractivity contribution in [1.29, 1.82) is 0 Å². The molecule has 4 nitrogen and oxygen atoms in total. The van der Waals surface area contributed by atoms with Gasteiger partial charge < -0.3 is 4.74 Å². The zero-order valence-corrected chi connectivity index (χ0v) is 20.4. The third-order valence-electron chi connectivity index (χ3n) is 5.78. The number of ether oxygens (including phenoxy) is 1. The van der Waals surface area contributed by atoms with E-state index < -0.39 is 12.1 Å². The Kier molecular flexibility index (Phi) is 6.81. The van der Waals surface area contributed by atoms with Crippen LogP contribution in [-0.2, 0) is 4.74 Å². The van der Waals surface area contributed by atoms with Gasteiger partial charge in [-0.15, -0.1) is 0 Å². The Balaban J connectivity index is 1.59. The number of nitrogens with zero attached hydrogens (tertiary/aromatic N) is 1. The highest BCUT2D eigenvalue weighted by molar-refractivity contribution is 6.33. The Morgan fingerprint density at radius 2 is 1.42 bits per heavy atom. The van der Waals surface area contributed by atoms with Crippen LogP contribution in [0.3, 0.4) is 0 Å². The minimum Gasteiger partial charge on any atom is -0.445 e. The summed E-state index contributed by atoms with van der Waals surface area (Å²) in [6.07, 6.45) is -1.16. The standard InChI is InChI=1S/C30H19Cl2NO3/c31-21-16-14-20(15-17-21)29(28(34)19-8-2-1-3-9-19)36-30(35)24-18-27(23-11-4-6-12-25(23)32)33-26-13-7-5-10-22(24)26/h1-18,29H/t29-/m0/s1. The number of carbonyl (C=O) groups is 2. The number of rotatable bonds is 6. The fourth-order valence-corrected chi connectivity index (χ4v) is 4.34. The number of para-hydroxylation sites is 1. The summed E-state index contributed by atoms with van der Waals surface area (Å²) in [6.45, 7) is 0. The first-order valence-corrected chi connectivity index (χ1v) is 12.0. The number of fused-ring (bicyclic) bond motifs is 1. The van der Waals surface area contributed by atoms with Gasteiger partial charge in [0.15, 0.2) is 6.10 Å². The Bertz CT molecular complexity index is 1570. The molecule has 0 unspecified atom stereocenters. The van der Waals surface area contributed by atoms with Crippen LogP contribution >= 0.6 is 23.2 Å². The number of benzene rings is 4. The minimum absolute atomic E-state index is 0.287. The molecule has 0 aliphatic carbocycles. The average Bonchev–Trinajstić information content (AvgIpc) is 2.92. The molecular formula is C30H19Cl2NO3. The lowest BCUT2D eigenvalue weighted by molar-refractivity contribution is 0.0282. The maximum atomic E-state index is 13.7.